The summed E-state index contributed by atoms with van der Waals surface area (Å²) in [6, 6.07) is 20.0. The van der Waals surface area contributed by atoms with Gasteiger partial charge in [0, 0.05) is 38.0 Å². The summed E-state index contributed by atoms with van der Waals surface area (Å²) >= 11 is 0. The summed E-state index contributed by atoms with van der Waals surface area (Å²) in [7, 11) is -4.11. The number of hydrogen-bond donors (Lipinski definition) is 1. The van der Waals surface area contributed by atoms with E-state index in [-0.39, 0.29) is 41.3 Å². The maximum Gasteiger partial charge on any atom is 0.269 e. The van der Waals surface area contributed by atoms with Crippen LogP contribution in [-0.2, 0) is 32.6 Å². The average molecular weight is 566 g/mol. The highest BCUT2D eigenvalue weighted by Crippen LogP contribution is 2.30. The third-order valence-corrected chi connectivity index (χ3v) is 8.68. The summed E-state index contributed by atoms with van der Waals surface area (Å²) in [5.41, 5.74) is 1.07. The highest BCUT2D eigenvalue weighted by molar-refractivity contribution is 7.90. The summed E-state index contributed by atoms with van der Waals surface area (Å²) in [6.45, 7) is 1.80. The van der Waals surface area contributed by atoms with Gasteiger partial charge in [0.05, 0.1) is 5.56 Å². The number of halogens is 1. The molecule has 4 rings (SSSR count). The summed E-state index contributed by atoms with van der Waals surface area (Å²) in [6.07, 6.45) is 1.41. The molecule has 1 heterocycles. The number of rotatable bonds is 12. The van der Waals surface area contributed by atoms with Gasteiger partial charge in [-0.25, -0.2) is 17.1 Å². The first-order chi connectivity index (χ1) is 19.2. The second-order valence-corrected chi connectivity index (χ2v) is 11.4. The van der Waals surface area contributed by atoms with Crippen LogP contribution < -0.4 is 5.32 Å². The molecule has 0 radical (unpaired) electrons. The smallest absolute Gasteiger partial charge is 0.269 e. The van der Waals surface area contributed by atoms with E-state index < -0.39 is 40.2 Å². The van der Waals surface area contributed by atoms with E-state index in [9.17, 15) is 27.2 Å². The van der Waals surface area contributed by atoms with Crippen LogP contribution in [0, 0.1) is 5.82 Å². The van der Waals surface area contributed by atoms with Gasteiger partial charge in [0.15, 0.2) is 0 Å². The number of hydrogen-bond acceptors (Lipinski definition) is 5. The Kier molecular flexibility index (Phi) is 9.31. The Bertz CT molecular complexity index is 1480. The zero-order valence-electron chi connectivity index (χ0n) is 22.3. The Morgan fingerprint density at radius 3 is 2.35 bits per heavy atom. The maximum absolute atomic E-state index is 14.7. The molecule has 0 aliphatic carbocycles. The van der Waals surface area contributed by atoms with Gasteiger partial charge in [-0.2, -0.15) is 0 Å². The maximum atomic E-state index is 14.7. The highest BCUT2D eigenvalue weighted by Gasteiger charge is 2.41. The van der Waals surface area contributed by atoms with E-state index in [1.807, 2.05) is 37.3 Å². The summed E-state index contributed by atoms with van der Waals surface area (Å²) in [5, 5.41) is 2.88. The first-order valence-electron chi connectivity index (χ1n) is 13.2. The van der Waals surface area contributed by atoms with Crippen molar-refractivity contribution in [1.82, 2.24) is 14.5 Å². The van der Waals surface area contributed by atoms with Crippen molar-refractivity contribution in [3.8, 4) is 0 Å². The van der Waals surface area contributed by atoms with E-state index >= 15 is 0 Å². The fourth-order valence-corrected chi connectivity index (χ4v) is 6.23. The number of fused-ring (bicyclic) bond motifs is 1. The van der Waals surface area contributed by atoms with Gasteiger partial charge in [0.25, 0.3) is 15.9 Å². The van der Waals surface area contributed by atoms with Gasteiger partial charge in [0.1, 0.15) is 16.8 Å². The predicted molar refractivity (Wildman–Crippen MR) is 148 cm³/mol. The minimum atomic E-state index is -4.11. The van der Waals surface area contributed by atoms with Crippen molar-refractivity contribution >= 4 is 27.7 Å². The van der Waals surface area contributed by atoms with Crippen molar-refractivity contribution in [2.45, 2.75) is 50.1 Å². The van der Waals surface area contributed by atoms with Gasteiger partial charge < -0.3 is 10.2 Å². The van der Waals surface area contributed by atoms with Gasteiger partial charge in [-0.3, -0.25) is 14.4 Å². The molecule has 3 aromatic rings. The van der Waals surface area contributed by atoms with Gasteiger partial charge in [0.2, 0.25) is 11.8 Å². The molecule has 40 heavy (non-hydrogen) atoms. The van der Waals surface area contributed by atoms with Crippen LogP contribution in [0.25, 0.3) is 0 Å². The Morgan fingerprint density at radius 2 is 1.65 bits per heavy atom. The lowest BCUT2D eigenvalue weighted by atomic mass is 10.0. The molecule has 0 saturated carbocycles. The van der Waals surface area contributed by atoms with Gasteiger partial charge in [-0.15, -0.1) is 0 Å². The molecule has 1 aliphatic heterocycles. The molecule has 0 fully saturated rings. The van der Waals surface area contributed by atoms with Crippen molar-refractivity contribution in [3.05, 3.63) is 101 Å². The molecule has 1 aliphatic rings. The van der Waals surface area contributed by atoms with Crippen LogP contribution in [-0.4, -0.2) is 54.5 Å². The Morgan fingerprint density at radius 1 is 0.975 bits per heavy atom. The number of amides is 3. The largest absolute Gasteiger partial charge is 0.354 e. The third kappa shape index (κ3) is 6.39. The first-order valence-corrected chi connectivity index (χ1v) is 14.7. The first kappa shape index (κ1) is 28.9. The molecule has 0 aromatic heterocycles. The fourth-order valence-electron chi connectivity index (χ4n) is 4.66. The third-order valence-electron chi connectivity index (χ3n) is 6.84. The van der Waals surface area contributed by atoms with Crippen LogP contribution in [0.15, 0.2) is 83.8 Å². The van der Waals surface area contributed by atoms with Crippen molar-refractivity contribution in [2.24, 2.45) is 0 Å². The summed E-state index contributed by atoms with van der Waals surface area (Å²) in [4.78, 5) is 41.3. The summed E-state index contributed by atoms with van der Waals surface area (Å²) < 4.78 is 41.4. The number of sulfonamides is 1. The van der Waals surface area contributed by atoms with Crippen LogP contribution >= 0.6 is 0 Å². The van der Waals surface area contributed by atoms with Crippen LogP contribution in [0.1, 0.15) is 47.7 Å². The molecule has 10 heteroatoms. The normalized spacial score (nSPS) is 14.4. The molecular formula is C30H32FN3O5S. The molecule has 0 bridgehead atoms. The number of nitrogens with zero attached hydrogens (tertiary/aromatic N) is 2. The van der Waals surface area contributed by atoms with E-state index in [1.165, 1.54) is 41.3 Å². The topological polar surface area (TPSA) is 104 Å². The molecule has 0 spiro atoms. The fraction of sp³-hybridized carbons (Fsp3) is 0.300. The van der Waals surface area contributed by atoms with Gasteiger partial charge in [-0.05, 0) is 30.2 Å². The van der Waals surface area contributed by atoms with Crippen LogP contribution in [0.2, 0.25) is 0 Å². The monoisotopic (exact) mass is 565 g/mol. The zero-order chi connectivity index (χ0) is 28.7. The SMILES string of the molecule is CCCCNC(=O)[C@@H](Cc1ccccc1)N(Cc1ccccc1F)C(=O)CCN1C(=O)c2ccccc2S1(=O)=O. The van der Waals surface area contributed by atoms with E-state index in [2.05, 4.69) is 5.32 Å². The quantitative estimate of drug-likeness (QED) is 0.336. The number of benzene rings is 3. The van der Waals surface area contributed by atoms with Gasteiger partial charge in [-0.1, -0.05) is 74.0 Å². The van der Waals surface area contributed by atoms with E-state index in [0.717, 1.165) is 18.4 Å². The van der Waals surface area contributed by atoms with Crippen molar-refractivity contribution in [3.63, 3.8) is 0 Å². The number of nitrogens with one attached hydrogen (secondary N) is 1. The standard InChI is InChI=1S/C30H32FN3O5S/c1-2-3-18-32-29(36)26(20-22-11-5-4-6-12-22)33(21-23-13-7-9-15-25(23)31)28(35)17-19-34-30(37)24-14-8-10-16-27(24)40(34,38)39/h4-16,26H,2-3,17-21H2,1H3,(H,32,36)/t26-/m1/s1. The molecule has 0 saturated heterocycles. The van der Waals surface area contributed by atoms with Crippen LogP contribution in [0.3, 0.4) is 0 Å². The summed E-state index contributed by atoms with van der Waals surface area (Å²) in [5.74, 6) is -2.20. The second-order valence-electron chi connectivity index (χ2n) is 9.59. The lowest BCUT2D eigenvalue weighted by Gasteiger charge is -2.32. The van der Waals surface area contributed by atoms with E-state index in [4.69, 9.17) is 0 Å². The minimum Gasteiger partial charge on any atom is -0.354 e. The molecule has 1 N–H and O–H groups in total. The molecule has 1 atom stereocenters. The zero-order valence-corrected chi connectivity index (χ0v) is 23.1. The Hall–Kier alpha value is -4.05. The lowest BCUT2D eigenvalue weighted by Crippen LogP contribution is -2.51. The van der Waals surface area contributed by atoms with Crippen molar-refractivity contribution in [1.29, 1.82) is 0 Å². The minimum absolute atomic E-state index is 0.0513. The van der Waals surface area contributed by atoms with Crippen molar-refractivity contribution < 1.29 is 27.2 Å². The molecular weight excluding hydrogens is 533 g/mol. The lowest BCUT2D eigenvalue weighted by molar-refractivity contribution is -0.141. The predicted octanol–water partition coefficient (Wildman–Crippen LogP) is 3.92. The Balaban J connectivity index is 1.63. The van der Waals surface area contributed by atoms with Gasteiger partial charge >= 0.3 is 0 Å². The molecule has 8 nitrogen and oxygen atoms in total. The average Bonchev–Trinajstić information content (AvgIpc) is 3.15. The second kappa shape index (κ2) is 12.9. The van der Waals surface area contributed by atoms with E-state index in [0.29, 0.717) is 10.8 Å². The van der Waals surface area contributed by atoms with Crippen LogP contribution in [0.4, 0.5) is 4.39 Å². The molecule has 3 amide bonds. The number of carbonyl (C=O) groups excluding carboxylic acids is 3. The number of carbonyl (C=O) groups is 3. The van der Waals surface area contributed by atoms with Crippen LogP contribution in [0.5, 0.6) is 0 Å². The number of unbranched alkanes of at least 4 members (excludes halogenated alkanes) is 1. The molecule has 210 valence electrons. The highest BCUT2D eigenvalue weighted by atomic mass is 32.2. The van der Waals surface area contributed by atoms with E-state index in [1.54, 1.807) is 12.1 Å². The Labute approximate surface area is 233 Å². The molecule has 3 aromatic carbocycles. The molecule has 0 unspecified atom stereocenters. The van der Waals surface area contributed by atoms with Crippen molar-refractivity contribution in [2.75, 3.05) is 13.1 Å².